The smallest absolute Gasteiger partial charge is 0.145 e. The van der Waals surface area contributed by atoms with Gasteiger partial charge in [-0.15, -0.1) is 0 Å². The minimum atomic E-state index is 0.752. The lowest BCUT2D eigenvalue weighted by molar-refractivity contribution is 0.304. The fourth-order valence-corrected chi connectivity index (χ4v) is 2.64. The van der Waals surface area contributed by atoms with Crippen molar-refractivity contribution in [2.75, 3.05) is 12.3 Å². The van der Waals surface area contributed by atoms with Crippen molar-refractivity contribution < 1.29 is 4.74 Å². The van der Waals surface area contributed by atoms with E-state index in [-0.39, 0.29) is 0 Å². The van der Waals surface area contributed by atoms with Crippen LogP contribution in [-0.2, 0) is 0 Å². The Morgan fingerprint density at radius 1 is 0.857 bits per heavy atom. The molecule has 0 heterocycles. The summed E-state index contributed by atoms with van der Waals surface area (Å²) in [7, 11) is 0. The van der Waals surface area contributed by atoms with Crippen molar-refractivity contribution in [2.45, 2.75) is 78.1 Å². The normalized spacial score (nSPS) is 10.8. The van der Waals surface area contributed by atoms with Crippen LogP contribution in [0.5, 0.6) is 5.75 Å². The highest BCUT2D eigenvalue weighted by molar-refractivity contribution is 5.56. The molecule has 0 aromatic heterocycles. The van der Waals surface area contributed by atoms with Crippen molar-refractivity contribution >= 4 is 5.69 Å². The van der Waals surface area contributed by atoms with E-state index in [0.29, 0.717) is 0 Å². The molecule has 2 nitrogen and oxygen atoms in total. The molecular weight excluding hydrogens is 258 g/mol. The van der Waals surface area contributed by atoms with Crippen LogP contribution in [0.4, 0.5) is 5.69 Å². The molecule has 1 aromatic rings. The number of nitrogen functional groups attached to an aromatic ring is 1. The average Bonchev–Trinajstić information content (AvgIpc) is 2.47. The maximum atomic E-state index is 5.93. The maximum Gasteiger partial charge on any atom is 0.145 e. The van der Waals surface area contributed by atoms with Crippen LogP contribution >= 0.6 is 0 Å². The van der Waals surface area contributed by atoms with Crippen molar-refractivity contribution in [3.63, 3.8) is 0 Å². The van der Waals surface area contributed by atoms with E-state index in [1.807, 2.05) is 25.1 Å². The molecule has 0 aliphatic carbocycles. The third kappa shape index (κ3) is 7.99. The maximum absolute atomic E-state index is 5.93. The highest BCUT2D eigenvalue weighted by atomic mass is 16.5. The standard InChI is InChI=1S/C19H33NO/c1-3-4-5-6-7-8-9-10-11-12-16-21-19-17(2)14-13-15-18(19)20/h13-15H,3-12,16,20H2,1-2H3. The highest BCUT2D eigenvalue weighted by Gasteiger charge is 2.03. The number of benzene rings is 1. The lowest BCUT2D eigenvalue weighted by atomic mass is 10.1. The van der Waals surface area contributed by atoms with Crippen LogP contribution in [0.15, 0.2) is 18.2 Å². The first-order valence-corrected chi connectivity index (χ1v) is 8.73. The number of rotatable bonds is 12. The Labute approximate surface area is 131 Å². The molecule has 0 spiro atoms. The van der Waals surface area contributed by atoms with E-state index in [2.05, 4.69) is 6.92 Å². The quantitative estimate of drug-likeness (QED) is 0.385. The summed E-state index contributed by atoms with van der Waals surface area (Å²) in [5.74, 6) is 0.869. The Balaban J connectivity index is 1.95. The summed E-state index contributed by atoms with van der Waals surface area (Å²) < 4.78 is 5.81. The summed E-state index contributed by atoms with van der Waals surface area (Å²) in [5.41, 5.74) is 7.81. The number of hydrogen-bond acceptors (Lipinski definition) is 2. The summed E-state index contributed by atoms with van der Waals surface area (Å²) in [4.78, 5) is 0. The fraction of sp³-hybridized carbons (Fsp3) is 0.684. The van der Waals surface area contributed by atoms with E-state index in [9.17, 15) is 0 Å². The van der Waals surface area contributed by atoms with Crippen LogP contribution in [0, 0.1) is 6.92 Å². The number of unbranched alkanes of at least 4 members (excludes halogenated alkanes) is 9. The van der Waals surface area contributed by atoms with Crippen molar-refractivity contribution in [1.82, 2.24) is 0 Å². The van der Waals surface area contributed by atoms with Crippen LogP contribution in [-0.4, -0.2) is 6.61 Å². The Kier molecular flexibility index (Phi) is 9.77. The van der Waals surface area contributed by atoms with E-state index in [1.165, 1.54) is 57.8 Å². The minimum absolute atomic E-state index is 0.752. The van der Waals surface area contributed by atoms with E-state index < -0.39 is 0 Å². The number of aryl methyl sites for hydroxylation is 1. The zero-order valence-electron chi connectivity index (χ0n) is 14.0. The van der Waals surface area contributed by atoms with Crippen molar-refractivity contribution in [3.8, 4) is 5.75 Å². The van der Waals surface area contributed by atoms with E-state index in [4.69, 9.17) is 10.5 Å². The van der Waals surface area contributed by atoms with Gasteiger partial charge >= 0.3 is 0 Å². The summed E-state index contributed by atoms with van der Waals surface area (Å²) in [6, 6.07) is 5.92. The van der Waals surface area contributed by atoms with Crippen molar-refractivity contribution in [1.29, 1.82) is 0 Å². The third-order valence-corrected chi connectivity index (χ3v) is 3.99. The summed E-state index contributed by atoms with van der Waals surface area (Å²) >= 11 is 0. The number of nitrogens with two attached hydrogens (primary N) is 1. The highest BCUT2D eigenvalue weighted by Crippen LogP contribution is 2.25. The van der Waals surface area contributed by atoms with Gasteiger partial charge in [-0.3, -0.25) is 0 Å². The molecule has 1 aromatic carbocycles. The first-order chi connectivity index (χ1) is 10.3. The Morgan fingerprint density at radius 3 is 2.00 bits per heavy atom. The second-order valence-corrected chi connectivity index (χ2v) is 6.02. The fourth-order valence-electron chi connectivity index (χ4n) is 2.64. The minimum Gasteiger partial charge on any atom is -0.491 e. The van der Waals surface area contributed by atoms with Crippen molar-refractivity contribution in [3.05, 3.63) is 23.8 Å². The summed E-state index contributed by atoms with van der Waals surface area (Å²) in [5, 5.41) is 0. The Morgan fingerprint density at radius 2 is 1.43 bits per heavy atom. The van der Waals surface area contributed by atoms with E-state index in [1.54, 1.807) is 0 Å². The lowest BCUT2D eigenvalue weighted by Crippen LogP contribution is -2.02. The van der Waals surface area contributed by atoms with Gasteiger partial charge in [-0.2, -0.15) is 0 Å². The van der Waals surface area contributed by atoms with Gasteiger partial charge in [0, 0.05) is 0 Å². The van der Waals surface area contributed by atoms with E-state index >= 15 is 0 Å². The second kappa shape index (κ2) is 11.5. The van der Waals surface area contributed by atoms with Gasteiger partial charge in [-0.1, -0.05) is 76.8 Å². The predicted molar refractivity (Wildman–Crippen MR) is 92.9 cm³/mol. The molecule has 0 fully saturated rings. The molecule has 0 aliphatic rings. The zero-order valence-corrected chi connectivity index (χ0v) is 14.0. The summed E-state index contributed by atoms with van der Waals surface area (Å²) in [6.45, 7) is 5.10. The molecule has 0 amide bonds. The Hall–Kier alpha value is -1.18. The van der Waals surface area contributed by atoms with Gasteiger partial charge in [-0.25, -0.2) is 0 Å². The largest absolute Gasteiger partial charge is 0.491 e. The van der Waals surface area contributed by atoms with Gasteiger partial charge in [0.05, 0.1) is 12.3 Å². The molecule has 0 aliphatic heterocycles. The first-order valence-electron chi connectivity index (χ1n) is 8.73. The molecule has 0 saturated carbocycles. The topological polar surface area (TPSA) is 35.2 Å². The van der Waals surface area contributed by atoms with Gasteiger partial charge in [0.2, 0.25) is 0 Å². The van der Waals surface area contributed by atoms with Gasteiger partial charge < -0.3 is 10.5 Å². The SMILES string of the molecule is CCCCCCCCCCCCOc1c(C)cccc1N. The van der Waals surface area contributed by atoms with Crippen LogP contribution in [0.1, 0.15) is 76.7 Å². The molecule has 2 N–H and O–H groups in total. The van der Waals surface area contributed by atoms with Crippen LogP contribution in [0.2, 0.25) is 0 Å². The number of hydrogen-bond donors (Lipinski definition) is 1. The van der Waals surface area contributed by atoms with Crippen LogP contribution < -0.4 is 10.5 Å². The number of para-hydroxylation sites is 1. The lowest BCUT2D eigenvalue weighted by Gasteiger charge is -2.11. The molecule has 2 heteroatoms. The van der Waals surface area contributed by atoms with Gasteiger partial charge in [-0.05, 0) is 25.0 Å². The van der Waals surface area contributed by atoms with Crippen LogP contribution in [0.25, 0.3) is 0 Å². The third-order valence-electron chi connectivity index (χ3n) is 3.99. The number of ether oxygens (including phenoxy) is 1. The molecule has 0 unspecified atom stereocenters. The molecule has 0 bridgehead atoms. The second-order valence-electron chi connectivity index (χ2n) is 6.02. The average molecular weight is 291 g/mol. The molecule has 1 rings (SSSR count). The summed E-state index contributed by atoms with van der Waals surface area (Å²) in [6.07, 6.45) is 13.5. The monoisotopic (exact) mass is 291 g/mol. The van der Waals surface area contributed by atoms with Crippen LogP contribution in [0.3, 0.4) is 0 Å². The Bertz CT molecular complexity index is 356. The molecule has 0 atom stereocenters. The molecule has 120 valence electrons. The van der Waals surface area contributed by atoms with E-state index in [0.717, 1.165) is 30.0 Å². The number of anilines is 1. The molecular formula is C19H33NO. The zero-order chi connectivity index (χ0) is 15.3. The molecule has 21 heavy (non-hydrogen) atoms. The van der Waals surface area contributed by atoms with Gasteiger partial charge in [0.1, 0.15) is 5.75 Å². The van der Waals surface area contributed by atoms with Gasteiger partial charge in [0.15, 0.2) is 0 Å². The molecule has 0 radical (unpaired) electrons. The molecule has 0 saturated heterocycles. The van der Waals surface area contributed by atoms with Crippen molar-refractivity contribution in [2.24, 2.45) is 0 Å². The predicted octanol–water partition coefficient (Wildman–Crippen LogP) is 5.88. The van der Waals surface area contributed by atoms with Gasteiger partial charge in [0.25, 0.3) is 0 Å². The first kappa shape index (κ1) is 17.9.